The molecule has 2 aliphatic heterocycles. The molecule has 0 saturated carbocycles. The molecule has 4 heteroatoms. The van der Waals surface area contributed by atoms with Crippen molar-refractivity contribution in [1.29, 1.82) is 0 Å². The highest BCUT2D eigenvalue weighted by molar-refractivity contribution is 5.99. The van der Waals surface area contributed by atoms with E-state index >= 15 is 0 Å². The van der Waals surface area contributed by atoms with Crippen LogP contribution in [0.25, 0.3) is 0 Å². The number of carbonyl (C=O) groups excluding carboxylic acids is 1. The summed E-state index contributed by atoms with van der Waals surface area (Å²) in [6.07, 6.45) is 2.89. The first-order valence-electron chi connectivity index (χ1n) is 10.1. The van der Waals surface area contributed by atoms with E-state index in [1.165, 1.54) is 27.8 Å². The quantitative estimate of drug-likeness (QED) is 0.793. The van der Waals surface area contributed by atoms with Gasteiger partial charge in [-0.3, -0.25) is 4.79 Å². The molecule has 28 heavy (non-hydrogen) atoms. The van der Waals surface area contributed by atoms with Gasteiger partial charge in [0.05, 0.1) is 19.8 Å². The minimum atomic E-state index is 0.167. The molecular formula is C24H29NO3. The number of hydrogen-bond acceptors (Lipinski definition) is 3. The van der Waals surface area contributed by atoms with Gasteiger partial charge in [-0.2, -0.15) is 0 Å². The van der Waals surface area contributed by atoms with Crippen LogP contribution in [0.15, 0.2) is 24.3 Å². The molecule has 2 aromatic carbocycles. The maximum absolute atomic E-state index is 13.2. The van der Waals surface area contributed by atoms with Gasteiger partial charge in [-0.25, -0.2) is 0 Å². The van der Waals surface area contributed by atoms with Crippen LogP contribution in [0, 0.1) is 20.8 Å². The number of nitrogens with zero attached hydrogens (tertiary/aromatic N) is 1. The van der Waals surface area contributed by atoms with Crippen molar-refractivity contribution in [3.63, 3.8) is 0 Å². The molecule has 148 valence electrons. The number of benzene rings is 2. The van der Waals surface area contributed by atoms with Crippen molar-refractivity contribution in [1.82, 2.24) is 4.90 Å². The molecule has 0 bridgehead atoms. The number of hydrogen-bond donors (Lipinski definition) is 0. The Balaban J connectivity index is 1.64. The fraction of sp³-hybridized carbons (Fsp3) is 0.458. The first-order valence-corrected chi connectivity index (χ1v) is 10.1. The first-order chi connectivity index (χ1) is 13.5. The summed E-state index contributed by atoms with van der Waals surface area (Å²) in [6, 6.07) is 8.65. The highest BCUT2D eigenvalue weighted by Gasteiger charge is 2.35. The van der Waals surface area contributed by atoms with Gasteiger partial charge in [0.25, 0.3) is 5.91 Å². The van der Waals surface area contributed by atoms with E-state index in [1.807, 2.05) is 11.0 Å². The number of fused-ring (bicyclic) bond motifs is 1. The van der Waals surface area contributed by atoms with Gasteiger partial charge < -0.3 is 14.4 Å². The Morgan fingerprint density at radius 2 is 2.00 bits per heavy atom. The number of methoxy groups -OCH3 is 1. The number of rotatable bonds is 4. The zero-order valence-electron chi connectivity index (χ0n) is 17.3. The van der Waals surface area contributed by atoms with E-state index in [2.05, 4.69) is 39.0 Å². The summed E-state index contributed by atoms with van der Waals surface area (Å²) in [5.74, 6) is 1.08. The second kappa shape index (κ2) is 7.59. The van der Waals surface area contributed by atoms with Crippen molar-refractivity contribution in [3.05, 3.63) is 63.2 Å². The summed E-state index contributed by atoms with van der Waals surface area (Å²) in [5.41, 5.74) is 8.23. The lowest BCUT2D eigenvalue weighted by molar-refractivity contribution is 0.0179. The molecule has 2 aromatic rings. The lowest BCUT2D eigenvalue weighted by Gasteiger charge is -2.30. The molecule has 1 unspecified atom stereocenters. The molecule has 1 amide bonds. The Morgan fingerprint density at radius 3 is 2.68 bits per heavy atom. The van der Waals surface area contributed by atoms with E-state index < -0.39 is 0 Å². The molecule has 4 nitrogen and oxygen atoms in total. The Labute approximate surface area is 167 Å². The lowest BCUT2D eigenvalue weighted by atomic mass is 9.91. The second-order valence-electron chi connectivity index (χ2n) is 8.10. The van der Waals surface area contributed by atoms with Crippen molar-refractivity contribution < 1.29 is 14.3 Å². The highest BCUT2D eigenvalue weighted by Crippen LogP contribution is 2.34. The van der Waals surface area contributed by atoms with Gasteiger partial charge in [0.1, 0.15) is 5.75 Å². The Hall–Kier alpha value is -2.33. The van der Waals surface area contributed by atoms with Crippen LogP contribution >= 0.6 is 0 Å². The van der Waals surface area contributed by atoms with Gasteiger partial charge in [-0.1, -0.05) is 12.1 Å². The Kier molecular flexibility index (Phi) is 5.15. The van der Waals surface area contributed by atoms with Gasteiger partial charge in [-0.15, -0.1) is 0 Å². The predicted molar refractivity (Wildman–Crippen MR) is 110 cm³/mol. The summed E-state index contributed by atoms with van der Waals surface area (Å²) < 4.78 is 11.0. The lowest BCUT2D eigenvalue weighted by Crippen LogP contribution is -2.41. The number of aryl methyl sites for hydroxylation is 1. The average Bonchev–Trinajstić information content (AvgIpc) is 3.03. The summed E-state index contributed by atoms with van der Waals surface area (Å²) >= 11 is 0. The largest absolute Gasteiger partial charge is 0.496 e. The van der Waals surface area contributed by atoms with E-state index in [4.69, 9.17) is 9.47 Å². The predicted octanol–water partition coefficient (Wildman–Crippen LogP) is 4.35. The van der Waals surface area contributed by atoms with Crippen LogP contribution in [-0.4, -0.2) is 37.2 Å². The van der Waals surface area contributed by atoms with E-state index in [0.717, 1.165) is 49.3 Å². The van der Waals surface area contributed by atoms with E-state index in [1.54, 1.807) is 7.11 Å². The molecule has 2 aliphatic rings. The molecular weight excluding hydrogens is 350 g/mol. The van der Waals surface area contributed by atoms with Gasteiger partial charge in [0.15, 0.2) is 0 Å². The van der Waals surface area contributed by atoms with E-state index in [-0.39, 0.29) is 11.9 Å². The first kappa shape index (κ1) is 19.0. The zero-order chi connectivity index (χ0) is 19.8. The maximum Gasteiger partial charge on any atom is 0.254 e. The Bertz CT molecular complexity index is 913. The second-order valence-corrected chi connectivity index (χ2v) is 8.10. The molecule has 1 atom stereocenters. The summed E-state index contributed by atoms with van der Waals surface area (Å²) in [6.45, 7) is 8.60. The number of amides is 1. The minimum absolute atomic E-state index is 0.167. The highest BCUT2D eigenvalue weighted by atomic mass is 16.5. The molecule has 1 saturated heterocycles. The summed E-state index contributed by atoms with van der Waals surface area (Å²) in [4.78, 5) is 15.2. The van der Waals surface area contributed by atoms with Crippen LogP contribution in [-0.2, 0) is 17.7 Å². The monoisotopic (exact) mass is 379 g/mol. The third-order valence-corrected chi connectivity index (χ3v) is 6.39. The van der Waals surface area contributed by atoms with Crippen LogP contribution in [0.4, 0.5) is 0 Å². The molecule has 0 spiro atoms. The SMILES string of the molecule is COc1ccc(Cc2cc3c(c(C)c2C)CN(C2CCCOC2)C3=O)cc1C. The summed E-state index contributed by atoms with van der Waals surface area (Å²) in [5, 5.41) is 0. The van der Waals surface area contributed by atoms with Crippen LogP contribution in [0.1, 0.15) is 56.6 Å². The van der Waals surface area contributed by atoms with Crippen molar-refractivity contribution in [3.8, 4) is 5.75 Å². The van der Waals surface area contributed by atoms with Gasteiger partial charge in [0.2, 0.25) is 0 Å². The minimum Gasteiger partial charge on any atom is -0.496 e. The third-order valence-electron chi connectivity index (χ3n) is 6.39. The molecule has 0 aliphatic carbocycles. The van der Waals surface area contributed by atoms with E-state index in [0.29, 0.717) is 6.61 Å². The van der Waals surface area contributed by atoms with Gasteiger partial charge in [0, 0.05) is 18.7 Å². The third kappa shape index (κ3) is 3.30. The normalized spacial score (nSPS) is 19.1. The number of ether oxygens (including phenoxy) is 2. The standard InChI is InChI=1S/C24H29NO3/c1-15-10-18(7-8-23(15)27-4)11-19-12-21-22(17(3)16(19)2)13-25(24(21)26)20-6-5-9-28-14-20/h7-8,10,12,20H,5-6,9,11,13-14H2,1-4H3. The van der Waals surface area contributed by atoms with Crippen LogP contribution < -0.4 is 4.74 Å². The molecule has 2 heterocycles. The fourth-order valence-electron chi connectivity index (χ4n) is 4.55. The van der Waals surface area contributed by atoms with Crippen molar-refractivity contribution in [2.24, 2.45) is 0 Å². The Morgan fingerprint density at radius 1 is 1.18 bits per heavy atom. The van der Waals surface area contributed by atoms with Crippen LogP contribution in [0.2, 0.25) is 0 Å². The maximum atomic E-state index is 13.2. The van der Waals surface area contributed by atoms with E-state index in [9.17, 15) is 4.79 Å². The number of carbonyl (C=O) groups is 1. The van der Waals surface area contributed by atoms with Gasteiger partial charge in [-0.05, 0) is 85.5 Å². The molecule has 1 fully saturated rings. The average molecular weight is 380 g/mol. The van der Waals surface area contributed by atoms with Crippen LogP contribution in [0.3, 0.4) is 0 Å². The van der Waals surface area contributed by atoms with Crippen LogP contribution in [0.5, 0.6) is 5.75 Å². The molecule has 0 N–H and O–H groups in total. The zero-order valence-corrected chi connectivity index (χ0v) is 17.3. The summed E-state index contributed by atoms with van der Waals surface area (Å²) in [7, 11) is 1.70. The molecule has 0 aromatic heterocycles. The topological polar surface area (TPSA) is 38.8 Å². The smallest absolute Gasteiger partial charge is 0.254 e. The van der Waals surface area contributed by atoms with Crippen molar-refractivity contribution in [2.45, 2.75) is 52.6 Å². The molecule has 0 radical (unpaired) electrons. The van der Waals surface area contributed by atoms with Crippen molar-refractivity contribution in [2.75, 3.05) is 20.3 Å². The van der Waals surface area contributed by atoms with Gasteiger partial charge >= 0.3 is 0 Å². The fourth-order valence-corrected chi connectivity index (χ4v) is 4.55. The molecule has 4 rings (SSSR count). The van der Waals surface area contributed by atoms with Crippen molar-refractivity contribution >= 4 is 5.91 Å².